The fraction of sp³-hybridized carbons (Fsp3) is 0.571. The second-order valence-electron chi connectivity index (χ2n) is 5.08. The van der Waals surface area contributed by atoms with Gasteiger partial charge in [-0.1, -0.05) is 35.2 Å². The van der Waals surface area contributed by atoms with Crippen molar-refractivity contribution in [3.63, 3.8) is 0 Å². The number of hydrogen-bond acceptors (Lipinski definition) is 2. The molecular formula is C14H18BrFOS. The summed E-state index contributed by atoms with van der Waals surface area (Å²) in [5.41, 5.74) is 0.121. The average Bonchev–Trinajstić information content (AvgIpc) is 2.41. The van der Waals surface area contributed by atoms with Crippen LogP contribution in [0.1, 0.15) is 32.1 Å². The summed E-state index contributed by atoms with van der Waals surface area (Å²) in [4.78, 5) is 0. The summed E-state index contributed by atoms with van der Waals surface area (Å²) in [5.74, 6) is 0.835. The smallest absolute Gasteiger partial charge is 0.165 e. The van der Waals surface area contributed by atoms with Gasteiger partial charge in [0.1, 0.15) is 0 Å². The summed E-state index contributed by atoms with van der Waals surface area (Å²) in [6.45, 7) is 0.559. The van der Waals surface area contributed by atoms with Crippen molar-refractivity contribution in [1.29, 1.82) is 0 Å². The van der Waals surface area contributed by atoms with Crippen LogP contribution in [0, 0.1) is 11.2 Å². The second-order valence-corrected chi connectivity index (χ2v) is 6.31. The molecule has 0 heterocycles. The molecule has 1 nitrogen and oxygen atoms in total. The van der Waals surface area contributed by atoms with Crippen LogP contribution in [0.5, 0.6) is 5.75 Å². The van der Waals surface area contributed by atoms with E-state index >= 15 is 0 Å². The number of benzene rings is 1. The third-order valence-electron chi connectivity index (χ3n) is 3.68. The van der Waals surface area contributed by atoms with E-state index in [-0.39, 0.29) is 11.2 Å². The van der Waals surface area contributed by atoms with E-state index in [1.807, 2.05) is 0 Å². The summed E-state index contributed by atoms with van der Waals surface area (Å²) >= 11 is 7.79. The number of hydrogen-bond donors (Lipinski definition) is 1. The van der Waals surface area contributed by atoms with Crippen LogP contribution in [0.15, 0.2) is 22.7 Å². The highest BCUT2D eigenvalue weighted by atomic mass is 79.9. The van der Waals surface area contributed by atoms with Gasteiger partial charge in [0, 0.05) is 9.89 Å². The Hall–Kier alpha value is -0.220. The van der Waals surface area contributed by atoms with Crippen LogP contribution >= 0.6 is 28.6 Å². The molecule has 0 aromatic heterocycles. The first-order valence-electron chi connectivity index (χ1n) is 6.34. The zero-order chi connectivity index (χ0) is 13.0. The van der Waals surface area contributed by atoms with Crippen molar-refractivity contribution in [2.45, 2.75) is 32.1 Å². The van der Waals surface area contributed by atoms with Crippen molar-refractivity contribution < 1.29 is 9.13 Å². The maximum atomic E-state index is 13.6. The molecule has 2 rings (SSSR count). The maximum Gasteiger partial charge on any atom is 0.165 e. The lowest BCUT2D eigenvalue weighted by Gasteiger charge is -2.35. The van der Waals surface area contributed by atoms with Gasteiger partial charge in [-0.2, -0.15) is 12.6 Å². The van der Waals surface area contributed by atoms with Crippen LogP contribution in [0.3, 0.4) is 0 Å². The van der Waals surface area contributed by atoms with Gasteiger partial charge < -0.3 is 4.74 Å². The van der Waals surface area contributed by atoms with E-state index in [1.165, 1.54) is 25.3 Å². The van der Waals surface area contributed by atoms with Gasteiger partial charge in [0.25, 0.3) is 0 Å². The van der Waals surface area contributed by atoms with Gasteiger partial charge in [-0.3, -0.25) is 0 Å². The largest absolute Gasteiger partial charge is 0.490 e. The fourth-order valence-electron chi connectivity index (χ4n) is 2.47. The molecule has 0 bridgehead atoms. The summed E-state index contributed by atoms with van der Waals surface area (Å²) in [7, 11) is 0. The zero-order valence-corrected chi connectivity index (χ0v) is 12.8. The van der Waals surface area contributed by atoms with Crippen LogP contribution in [0.25, 0.3) is 0 Å². The number of ether oxygens (including phenoxy) is 1. The van der Waals surface area contributed by atoms with Crippen LogP contribution in [0.2, 0.25) is 0 Å². The van der Waals surface area contributed by atoms with E-state index in [9.17, 15) is 4.39 Å². The van der Waals surface area contributed by atoms with Crippen LogP contribution in [-0.4, -0.2) is 12.4 Å². The Labute approximate surface area is 122 Å². The maximum absolute atomic E-state index is 13.6. The van der Waals surface area contributed by atoms with Crippen LogP contribution < -0.4 is 4.74 Å². The Morgan fingerprint density at radius 1 is 1.28 bits per heavy atom. The lowest BCUT2D eigenvalue weighted by Crippen LogP contribution is -2.33. The van der Waals surface area contributed by atoms with E-state index in [1.54, 1.807) is 12.1 Å². The molecule has 0 unspecified atom stereocenters. The molecule has 1 fully saturated rings. The van der Waals surface area contributed by atoms with Crippen LogP contribution in [0.4, 0.5) is 4.39 Å². The van der Waals surface area contributed by atoms with Crippen molar-refractivity contribution in [3.8, 4) is 5.75 Å². The van der Waals surface area contributed by atoms with Gasteiger partial charge in [-0.05, 0) is 36.8 Å². The zero-order valence-electron chi connectivity index (χ0n) is 10.3. The first kappa shape index (κ1) is 14.2. The molecule has 0 atom stereocenters. The van der Waals surface area contributed by atoms with E-state index in [2.05, 4.69) is 28.6 Å². The molecule has 0 amide bonds. The predicted molar refractivity (Wildman–Crippen MR) is 79.0 cm³/mol. The molecule has 1 aromatic carbocycles. The lowest BCUT2D eigenvalue weighted by atomic mass is 9.76. The van der Waals surface area contributed by atoms with Gasteiger partial charge in [0.2, 0.25) is 0 Å². The minimum absolute atomic E-state index is 0.121. The van der Waals surface area contributed by atoms with Crippen molar-refractivity contribution in [3.05, 3.63) is 28.5 Å². The quantitative estimate of drug-likeness (QED) is 0.775. The first-order chi connectivity index (χ1) is 8.65. The molecule has 18 heavy (non-hydrogen) atoms. The Bertz CT molecular complexity index is 405. The minimum Gasteiger partial charge on any atom is -0.490 e. The van der Waals surface area contributed by atoms with Crippen molar-refractivity contribution in [2.24, 2.45) is 5.41 Å². The summed E-state index contributed by atoms with van der Waals surface area (Å²) in [5, 5.41) is 0. The van der Waals surface area contributed by atoms with E-state index in [4.69, 9.17) is 4.74 Å². The topological polar surface area (TPSA) is 9.23 Å². The van der Waals surface area contributed by atoms with Crippen molar-refractivity contribution >= 4 is 28.6 Å². The highest BCUT2D eigenvalue weighted by molar-refractivity contribution is 9.10. The number of rotatable bonds is 4. The van der Waals surface area contributed by atoms with Gasteiger partial charge in [0.05, 0.1) is 6.61 Å². The predicted octanol–water partition coefficient (Wildman–Crippen LogP) is 4.85. The van der Waals surface area contributed by atoms with Gasteiger partial charge >= 0.3 is 0 Å². The number of thiol groups is 1. The Morgan fingerprint density at radius 3 is 2.67 bits per heavy atom. The Balaban J connectivity index is 2.03. The molecule has 0 saturated heterocycles. The standard InChI is InChI=1S/C14H18BrFOS/c15-11-4-5-12(16)13(8-11)17-9-14(10-18)6-2-1-3-7-14/h4-5,8,18H,1-3,6-7,9-10H2. The average molecular weight is 333 g/mol. The second kappa shape index (κ2) is 6.29. The molecule has 1 aliphatic carbocycles. The molecule has 0 N–H and O–H groups in total. The molecule has 1 aliphatic rings. The molecule has 4 heteroatoms. The molecular weight excluding hydrogens is 315 g/mol. The molecule has 1 saturated carbocycles. The lowest BCUT2D eigenvalue weighted by molar-refractivity contribution is 0.118. The van der Waals surface area contributed by atoms with Crippen molar-refractivity contribution in [1.82, 2.24) is 0 Å². The Morgan fingerprint density at radius 2 is 2.00 bits per heavy atom. The molecule has 100 valence electrons. The van der Waals surface area contributed by atoms with Gasteiger partial charge in [-0.25, -0.2) is 4.39 Å². The Kier molecular flexibility index (Phi) is 4.96. The highest BCUT2D eigenvalue weighted by Crippen LogP contribution is 2.38. The van der Waals surface area contributed by atoms with Crippen molar-refractivity contribution in [2.75, 3.05) is 12.4 Å². The van der Waals surface area contributed by atoms with Gasteiger partial charge in [0.15, 0.2) is 11.6 Å². The van der Waals surface area contributed by atoms with Gasteiger partial charge in [-0.15, -0.1) is 0 Å². The molecule has 1 aromatic rings. The molecule has 0 spiro atoms. The van der Waals surface area contributed by atoms with E-state index in [0.717, 1.165) is 23.1 Å². The monoisotopic (exact) mass is 332 g/mol. The summed E-state index contributed by atoms with van der Waals surface area (Å²) in [6, 6.07) is 4.79. The normalized spacial score (nSPS) is 18.6. The van der Waals surface area contributed by atoms with Crippen LogP contribution in [-0.2, 0) is 0 Å². The summed E-state index contributed by atoms with van der Waals surface area (Å²) < 4.78 is 20.1. The third kappa shape index (κ3) is 3.41. The summed E-state index contributed by atoms with van der Waals surface area (Å²) in [6.07, 6.45) is 6.01. The van der Waals surface area contributed by atoms with E-state index in [0.29, 0.717) is 12.4 Å². The van der Waals surface area contributed by atoms with E-state index < -0.39 is 0 Å². The molecule has 0 radical (unpaired) electrons. The molecule has 0 aliphatic heterocycles. The highest BCUT2D eigenvalue weighted by Gasteiger charge is 2.31. The minimum atomic E-state index is -0.302. The number of halogens is 2. The SMILES string of the molecule is Fc1ccc(Br)cc1OCC1(CS)CCCCC1. The first-order valence-corrected chi connectivity index (χ1v) is 7.76. The fourth-order valence-corrected chi connectivity index (χ4v) is 3.22. The third-order valence-corrected chi connectivity index (χ3v) is 4.84.